The normalized spacial score (nSPS) is 10.5. The van der Waals surface area contributed by atoms with E-state index in [0.29, 0.717) is 6.61 Å². The number of hydrogen-bond donors (Lipinski definition) is 1. The predicted octanol–water partition coefficient (Wildman–Crippen LogP) is 0.176. The topological polar surface area (TPSA) is 81.0 Å². The van der Waals surface area contributed by atoms with Crippen molar-refractivity contribution in [3.8, 4) is 0 Å². The molecule has 6 nitrogen and oxygen atoms in total. The van der Waals surface area contributed by atoms with Gasteiger partial charge in [0.25, 0.3) is 0 Å². The molecule has 0 aliphatic carbocycles. The summed E-state index contributed by atoms with van der Waals surface area (Å²) in [4.78, 5) is 15.6. The van der Waals surface area contributed by atoms with Gasteiger partial charge in [0.15, 0.2) is 0 Å². The highest BCUT2D eigenvalue weighted by molar-refractivity contribution is 6.63. The molecular weight excluding hydrogens is 176 g/mol. The van der Waals surface area contributed by atoms with E-state index in [-0.39, 0.29) is 11.6 Å². The second-order valence-electron chi connectivity index (χ2n) is 1.88. The molecule has 0 aromatic heterocycles. The van der Waals surface area contributed by atoms with Crippen molar-refractivity contribution in [3.63, 3.8) is 0 Å². The van der Waals surface area contributed by atoms with Crippen LogP contribution in [0, 0.1) is 5.41 Å². The molecule has 13 heavy (non-hydrogen) atoms. The number of carbonyl (C=O) groups excluding carboxylic acids is 1. The second-order valence-corrected chi connectivity index (χ2v) is 1.88. The zero-order chi connectivity index (χ0) is 10.3. The third-order valence-corrected chi connectivity index (χ3v) is 1.08. The fourth-order valence-corrected chi connectivity index (χ4v) is 0.494. The molecule has 0 fully saturated rings. The van der Waals surface area contributed by atoms with Gasteiger partial charge in [0.05, 0.1) is 14.2 Å². The summed E-state index contributed by atoms with van der Waals surface area (Å²) in [5, 5.41) is 10.5. The number of methoxy groups -OCH3 is 2. The van der Waals surface area contributed by atoms with Crippen molar-refractivity contribution >= 4 is 17.6 Å². The van der Waals surface area contributed by atoms with E-state index in [4.69, 9.17) is 5.41 Å². The van der Waals surface area contributed by atoms with Crippen LogP contribution in [0.15, 0.2) is 5.16 Å². The Morgan fingerprint density at radius 3 is 2.38 bits per heavy atom. The molecule has 0 radical (unpaired) electrons. The SMILES string of the molecule is CCON=C(C(=N)OC)C(=O)OC. The average molecular weight is 188 g/mol. The minimum Gasteiger partial charge on any atom is -0.480 e. The third kappa shape index (κ3) is 3.55. The minimum absolute atomic E-state index is 0.285. The van der Waals surface area contributed by atoms with Crippen LogP contribution in [0.4, 0.5) is 0 Å². The fraction of sp³-hybridized carbons (Fsp3) is 0.571. The molecule has 0 aromatic rings. The number of carbonyl (C=O) groups is 1. The van der Waals surface area contributed by atoms with Crippen LogP contribution in [0.3, 0.4) is 0 Å². The highest BCUT2D eigenvalue weighted by atomic mass is 16.6. The zero-order valence-corrected chi connectivity index (χ0v) is 7.79. The summed E-state index contributed by atoms with van der Waals surface area (Å²) in [7, 11) is 2.44. The molecule has 0 saturated carbocycles. The van der Waals surface area contributed by atoms with Crippen molar-refractivity contribution in [3.05, 3.63) is 0 Å². The van der Waals surface area contributed by atoms with Crippen LogP contribution in [-0.4, -0.2) is 38.4 Å². The summed E-state index contributed by atoms with van der Waals surface area (Å²) in [5.74, 6) is -1.15. The number of nitrogens with zero attached hydrogens (tertiary/aromatic N) is 1. The van der Waals surface area contributed by atoms with Crippen LogP contribution in [0.2, 0.25) is 0 Å². The number of hydrogen-bond acceptors (Lipinski definition) is 6. The first-order valence-corrected chi connectivity index (χ1v) is 3.58. The van der Waals surface area contributed by atoms with Crippen molar-refractivity contribution in [1.82, 2.24) is 0 Å². The van der Waals surface area contributed by atoms with E-state index < -0.39 is 5.97 Å². The Kier molecular flexibility index (Phi) is 5.25. The van der Waals surface area contributed by atoms with Gasteiger partial charge in [-0.3, -0.25) is 5.41 Å². The van der Waals surface area contributed by atoms with Gasteiger partial charge in [0, 0.05) is 0 Å². The van der Waals surface area contributed by atoms with Gasteiger partial charge in [-0.05, 0) is 6.92 Å². The van der Waals surface area contributed by atoms with Gasteiger partial charge < -0.3 is 14.3 Å². The van der Waals surface area contributed by atoms with Crippen LogP contribution < -0.4 is 0 Å². The minimum atomic E-state index is -0.764. The standard InChI is InChI=1S/C7H12N2O4/c1-4-13-9-5(6(8)11-2)7(10)12-3/h8H,4H2,1-3H3. The summed E-state index contributed by atoms with van der Waals surface area (Å²) < 4.78 is 8.87. The Morgan fingerprint density at radius 1 is 1.38 bits per heavy atom. The van der Waals surface area contributed by atoms with Gasteiger partial charge in [-0.15, -0.1) is 0 Å². The van der Waals surface area contributed by atoms with Gasteiger partial charge in [-0.2, -0.15) is 0 Å². The first-order chi connectivity index (χ1) is 6.17. The zero-order valence-electron chi connectivity index (χ0n) is 7.79. The average Bonchev–Trinajstić information content (AvgIpc) is 2.17. The van der Waals surface area contributed by atoms with E-state index in [1.165, 1.54) is 14.2 Å². The molecule has 0 saturated heterocycles. The van der Waals surface area contributed by atoms with Crippen molar-refractivity contribution in [2.75, 3.05) is 20.8 Å². The third-order valence-electron chi connectivity index (χ3n) is 1.08. The van der Waals surface area contributed by atoms with E-state index in [1.807, 2.05) is 0 Å². The summed E-state index contributed by atoms with van der Waals surface area (Å²) in [6.07, 6.45) is 0. The van der Waals surface area contributed by atoms with Gasteiger partial charge in [0.1, 0.15) is 6.61 Å². The Balaban J connectivity index is 4.54. The Hall–Kier alpha value is -1.59. The summed E-state index contributed by atoms with van der Waals surface area (Å²) in [5.41, 5.74) is -0.285. The quantitative estimate of drug-likeness (QED) is 0.295. The lowest BCUT2D eigenvalue weighted by Gasteiger charge is -2.03. The Bertz CT molecular complexity index is 207. The molecule has 6 heteroatoms. The molecule has 0 aliphatic rings. The Morgan fingerprint density at radius 2 is 2.00 bits per heavy atom. The fourth-order valence-electron chi connectivity index (χ4n) is 0.494. The van der Waals surface area contributed by atoms with Crippen LogP contribution in [0.25, 0.3) is 0 Å². The van der Waals surface area contributed by atoms with Crippen LogP contribution in [-0.2, 0) is 19.1 Å². The van der Waals surface area contributed by atoms with E-state index in [2.05, 4.69) is 19.5 Å². The maximum absolute atomic E-state index is 11.0. The molecule has 0 aromatic carbocycles. The van der Waals surface area contributed by atoms with Gasteiger partial charge >= 0.3 is 5.97 Å². The largest absolute Gasteiger partial charge is 0.480 e. The maximum Gasteiger partial charge on any atom is 0.365 e. The molecule has 0 amide bonds. The van der Waals surface area contributed by atoms with Crippen LogP contribution in [0.5, 0.6) is 0 Å². The van der Waals surface area contributed by atoms with E-state index in [1.54, 1.807) is 6.92 Å². The van der Waals surface area contributed by atoms with E-state index >= 15 is 0 Å². The van der Waals surface area contributed by atoms with Crippen molar-refractivity contribution < 1.29 is 19.1 Å². The van der Waals surface area contributed by atoms with Gasteiger partial charge in [-0.25, -0.2) is 4.79 Å². The molecule has 0 bridgehead atoms. The highest BCUT2D eigenvalue weighted by Gasteiger charge is 2.19. The lowest BCUT2D eigenvalue weighted by molar-refractivity contribution is -0.132. The second kappa shape index (κ2) is 5.99. The molecule has 0 heterocycles. The highest BCUT2D eigenvalue weighted by Crippen LogP contribution is 1.89. The van der Waals surface area contributed by atoms with Crippen molar-refractivity contribution in [2.24, 2.45) is 5.16 Å². The molecule has 0 unspecified atom stereocenters. The van der Waals surface area contributed by atoms with Crippen molar-refractivity contribution in [2.45, 2.75) is 6.92 Å². The molecule has 0 spiro atoms. The number of nitrogens with one attached hydrogen (secondary N) is 1. The maximum atomic E-state index is 11.0. The molecule has 1 N–H and O–H groups in total. The van der Waals surface area contributed by atoms with Gasteiger partial charge in [0.2, 0.25) is 11.6 Å². The monoisotopic (exact) mass is 188 g/mol. The van der Waals surface area contributed by atoms with E-state index in [9.17, 15) is 4.79 Å². The molecule has 74 valence electrons. The predicted molar refractivity (Wildman–Crippen MR) is 45.8 cm³/mol. The molecule has 0 atom stereocenters. The summed E-state index contributed by atoms with van der Waals surface area (Å²) in [6, 6.07) is 0. The van der Waals surface area contributed by atoms with Crippen LogP contribution >= 0.6 is 0 Å². The first-order valence-electron chi connectivity index (χ1n) is 3.58. The number of oxime groups is 1. The first kappa shape index (κ1) is 11.4. The van der Waals surface area contributed by atoms with Gasteiger partial charge in [-0.1, -0.05) is 5.16 Å². The number of rotatable bonds is 4. The van der Waals surface area contributed by atoms with E-state index in [0.717, 1.165) is 0 Å². The number of esters is 1. The Labute approximate surface area is 76.0 Å². The summed E-state index contributed by atoms with van der Waals surface area (Å²) >= 11 is 0. The molecule has 0 aliphatic heterocycles. The van der Waals surface area contributed by atoms with Crippen molar-refractivity contribution in [1.29, 1.82) is 5.41 Å². The van der Waals surface area contributed by atoms with Crippen LogP contribution in [0.1, 0.15) is 6.92 Å². The lowest BCUT2D eigenvalue weighted by Crippen LogP contribution is -2.26. The summed E-state index contributed by atoms with van der Waals surface area (Å²) in [6.45, 7) is 2.01. The molecular formula is C7H12N2O4. The lowest BCUT2D eigenvalue weighted by atomic mass is 10.4. The smallest absolute Gasteiger partial charge is 0.365 e. The molecule has 0 rings (SSSR count). The number of ether oxygens (including phenoxy) is 2.